The Balaban J connectivity index is 2.56. The lowest BCUT2D eigenvalue weighted by molar-refractivity contribution is -0.385. The van der Waals surface area contributed by atoms with Gasteiger partial charge in [-0.05, 0) is 34.8 Å². The second-order valence-corrected chi connectivity index (χ2v) is 23.6. The molecule has 1 aromatic carbocycles. The summed E-state index contributed by atoms with van der Waals surface area (Å²) in [7, 11) is -3.14. The molecule has 9 nitrogen and oxygen atoms in total. The van der Waals surface area contributed by atoms with Gasteiger partial charge in [0.25, 0.3) is 19.9 Å². The Morgan fingerprint density at radius 2 is 1.62 bits per heavy atom. The van der Waals surface area contributed by atoms with Crippen molar-refractivity contribution in [3.05, 3.63) is 27.8 Å². The van der Waals surface area contributed by atoms with Crippen LogP contribution in [0.5, 0.6) is 11.5 Å². The molecule has 2 rings (SSSR count). The van der Waals surface area contributed by atoms with Gasteiger partial charge in [0.1, 0.15) is 11.3 Å². The lowest BCUT2D eigenvalue weighted by Crippen LogP contribution is -2.51. The van der Waals surface area contributed by atoms with Crippen molar-refractivity contribution >= 4 is 34.0 Å². The number of hydrogen-bond donors (Lipinski definition) is 0. The van der Waals surface area contributed by atoms with Gasteiger partial charge in [0, 0.05) is 25.5 Å². The molecule has 0 saturated carbocycles. The number of nitro groups is 1. The van der Waals surface area contributed by atoms with Crippen LogP contribution in [0.1, 0.15) is 85.5 Å². The minimum Gasteiger partial charge on any atom is -0.540 e. The number of rotatable bonds is 11. The summed E-state index contributed by atoms with van der Waals surface area (Å²) in [4.78, 5) is 39.7. The van der Waals surface area contributed by atoms with E-state index in [0.29, 0.717) is 5.75 Å². The van der Waals surface area contributed by atoms with E-state index >= 15 is 0 Å². The van der Waals surface area contributed by atoms with E-state index in [1.807, 2.05) is 0 Å². The fraction of sp³-hybridized carbons (Fsp3) is 0.724. The maximum Gasteiger partial charge on any atom is 0.286 e. The average molecular weight is 595 g/mol. The summed E-state index contributed by atoms with van der Waals surface area (Å²) in [5, 5.41) is 12.3. The Hall–Kier alpha value is -2.25. The highest BCUT2D eigenvalue weighted by atomic mass is 28.4. The number of carbonyl (C=O) groups is 2. The van der Waals surface area contributed by atoms with Crippen LogP contribution in [0.25, 0.3) is 0 Å². The minimum atomic E-state index is -2.46. The van der Waals surface area contributed by atoms with E-state index in [9.17, 15) is 19.7 Å². The van der Waals surface area contributed by atoms with Crippen LogP contribution >= 0.6 is 0 Å². The van der Waals surface area contributed by atoms with Gasteiger partial charge in [-0.25, -0.2) is 0 Å². The summed E-state index contributed by atoms with van der Waals surface area (Å²) in [5.41, 5.74) is 0.313. The van der Waals surface area contributed by atoms with Gasteiger partial charge in [0.2, 0.25) is 0 Å². The second kappa shape index (κ2) is 12.7. The van der Waals surface area contributed by atoms with E-state index < -0.39 is 33.5 Å². The van der Waals surface area contributed by atoms with Crippen molar-refractivity contribution in [2.75, 3.05) is 20.3 Å². The summed E-state index contributed by atoms with van der Waals surface area (Å²) in [6.07, 6.45) is 0.373. The van der Waals surface area contributed by atoms with E-state index in [1.165, 1.54) is 19.2 Å². The highest BCUT2D eigenvalue weighted by Gasteiger charge is 2.48. The number of nitrogens with zero attached hydrogens (tertiary/aromatic N) is 2. The molecule has 1 fully saturated rings. The predicted molar refractivity (Wildman–Crippen MR) is 164 cm³/mol. The molecule has 1 heterocycles. The number of likely N-dealkylation sites (tertiary alicyclic amines) is 1. The average Bonchev–Trinajstić information content (AvgIpc) is 2.83. The van der Waals surface area contributed by atoms with Crippen LogP contribution in [0.3, 0.4) is 0 Å². The zero-order valence-corrected chi connectivity index (χ0v) is 28.5. The number of amides is 1. The monoisotopic (exact) mass is 594 g/mol. The molecule has 40 heavy (non-hydrogen) atoms. The Labute approximate surface area is 242 Å². The molecule has 1 aromatic rings. The Morgan fingerprint density at radius 3 is 2.08 bits per heavy atom. The summed E-state index contributed by atoms with van der Waals surface area (Å²) in [6.45, 7) is 23.8. The predicted octanol–water partition coefficient (Wildman–Crippen LogP) is 7.35. The molecule has 0 spiro atoms. The van der Waals surface area contributed by atoms with Crippen molar-refractivity contribution in [3.63, 3.8) is 0 Å². The molecule has 0 aliphatic carbocycles. The zero-order valence-electron chi connectivity index (χ0n) is 26.5. The number of carbonyl (C=O) groups excluding carboxylic acids is 2. The largest absolute Gasteiger partial charge is 0.540 e. The first kappa shape index (κ1) is 34.0. The van der Waals surface area contributed by atoms with Gasteiger partial charge in [-0.3, -0.25) is 19.7 Å². The van der Waals surface area contributed by atoms with Crippen molar-refractivity contribution in [1.82, 2.24) is 4.90 Å². The maximum atomic E-state index is 13.9. The maximum absolute atomic E-state index is 13.9. The number of benzene rings is 1. The fourth-order valence-corrected chi connectivity index (χ4v) is 11.9. The third-order valence-corrected chi connectivity index (χ3v) is 19.4. The molecule has 1 amide bonds. The summed E-state index contributed by atoms with van der Waals surface area (Å²) in [6, 6.07) is 2.28. The molecule has 11 heteroatoms. The van der Waals surface area contributed by atoms with Crippen molar-refractivity contribution in [2.45, 2.75) is 116 Å². The van der Waals surface area contributed by atoms with Crippen molar-refractivity contribution in [2.24, 2.45) is 0 Å². The molecule has 0 aromatic heterocycles. The molecule has 1 aliphatic heterocycles. The molecular weight excluding hydrogens is 544 g/mol. The fourth-order valence-electron chi connectivity index (χ4n) is 5.65. The SMILES string of the molecule is COc1cc(C(=O)N2CCC(=O)CC2CO[Si](C)(C)C(C)(C)C)c([N+](=O)[O-])cc1O[Si](C(C)C)(C(C)C)C(C)C. The Bertz CT molecular complexity index is 1070. The number of nitro benzene ring substituents is 1. The van der Waals surface area contributed by atoms with Gasteiger partial charge >= 0.3 is 0 Å². The number of Topliss-reactive ketones (excluding diaryl/α,β-unsaturated/α-hetero) is 1. The van der Waals surface area contributed by atoms with Crippen molar-refractivity contribution in [3.8, 4) is 11.5 Å². The van der Waals surface area contributed by atoms with E-state index in [-0.39, 0.29) is 70.4 Å². The number of ketones is 1. The number of piperidine rings is 1. The molecule has 0 radical (unpaired) electrons. The van der Waals surface area contributed by atoms with Gasteiger partial charge in [0.15, 0.2) is 19.8 Å². The van der Waals surface area contributed by atoms with E-state index in [1.54, 1.807) is 4.90 Å². The molecular formula is C29H50N2O7Si2. The molecule has 1 saturated heterocycles. The first-order valence-electron chi connectivity index (χ1n) is 14.3. The second-order valence-electron chi connectivity index (χ2n) is 13.4. The van der Waals surface area contributed by atoms with Crippen molar-refractivity contribution < 1.29 is 28.1 Å². The first-order valence-corrected chi connectivity index (χ1v) is 19.4. The molecule has 1 unspecified atom stereocenters. The van der Waals surface area contributed by atoms with E-state index in [0.717, 1.165) is 0 Å². The Kier molecular flexibility index (Phi) is 10.8. The summed E-state index contributed by atoms with van der Waals surface area (Å²) >= 11 is 0. The third kappa shape index (κ3) is 6.96. The number of ether oxygens (including phenoxy) is 1. The molecule has 1 aliphatic rings. The van der Waals surface area contributed by atoms with Crippen LogP contribution in [0.4, 0.5) is 5.69 Å². The topological polar surface area (TPSA) is 108 Å². The smallest absolute Gasteiger partial charge is 0.286 e. The van der Waals surface area contributed by atoms with Crippen LogP contribution in [-0.2, 0) is 9.22 Å². The van der Waals surface area contributed by atoms with E-state index in [2.05, 4.69) is 75.4 Å². The summed E-state index contributed by atoms with van der Waals surface area (Å²) < 4.78 is 18.8. The Morgan fingerprint density at radius 1 is 1.07 bits per heavy atom. The van der Waals surface area contributed by atoms with Gasteiger partial charge in [-0.15, -0.1) is 0 Å². The van der Waals surface area contributed by atoms with Crippen LogP contribution in [0.15, 0.2) is 12.1 Å². The zero-order chi connectivity index (χ0) is 30.8. The van der Waals surface area contributed by atoms with Gasteiger partial charge in [0.05, 0.1) is 30.7 Å². The van der Waals surface area contributed by atoms with Crippen molar-refractivity contribution in [1.29, 1.82) is 0 Å². The highest BCUT2D eigenvalue weighted by Crippen LogP contribution is 2.46. The molecule has 0 N–H and O–H groups in total. The van der Waals surface area contributed by atoms with Gasteiger partial charge in [-0.1, -0.05) is 62.3 Å². The molecule has 226 valence electrons. The number of hydrogen-bond acceptors (Lipinski definition) is 7. The third-order valence-electron chi connectivity index (χ3n) is 8.94. The quantitative estimate of drug-likeness (QED) is 0.150. The molecule has 0 bridgehead atoms. The standard InChI is InChI=1S/C29H50N2O7Si2/c1-19(2)40(20(3)4,21(5)6)38-27-17-25(31(34)35)24(16-26(27)36-10)28(33)30-14-13-23(32)15-22(30)18-37-39(11,12)29(7,8)9/h16-17,19-22H,13-15,18H2,1-12H3. The van der Waals surface area contributed by atoms with Crippen LogP contribution in [-0.4, -0.2) is 64.5 Å². The first-order chi connectivity index (χ1) is 18.3. The van der Waals surface area contributed by atoms with Gasteiger partial charge in [-0.2, -0.15) is 0 Å². The van der Waals surface area contributed by atoms with Crippen LogP contribution < -0.4 is 9.16 Å². The normalized spacial score (nSPS) is 17.1. The highest BCUT2D eigenvalue weighted by molar-refractivity contribution is 6.78. The van der Waals surface area contributed by atoms with E-state index in [4.69, 9.17) is 13.6 Å². The van der Waals surface area contributed by atoms with Crippen LogP contribution in [0, 0.1) is 10.1 Å². The summed E-state index contributed by atoms with van der Waals surface area (Å²) in [5.74, 6) is 0.129. The lowest BCUT2D eigenvalue weighted by Gasteiger charge is -2.42. The lowest BCUT2D eigenvalue weighted by atomic mass is 9.99. The minimum absolute atomic E-state index is 0.0387. The van der Waals surface area contributed by atoms with Crippen LogP contribution in [0.2, 0.25) is 34.8 Å². The number of methoxy groups -OCH3 is 1. The molecule has 1 atom stereocenters. The van der Waals surface area contributed by atoms with Gasteiger partial charge < -0.3 is 18.5 Å².